The molecule has 1 N–H and O–H groups in total. The summed E-state index contributed by atoms with van der Waals surface area (Å²) in [6, 6.07) is 9.86. The molecule has 3 nitrogen and oxygen atoms in total. The first-order valence-electron chi connectivity index (χ1n) is 9.10. The molecule has 158 valence electrons. The molecule has 0 radical (unpaired) electrons. The Morgan fingerprint density at radius 2 is 1.66 bits per heavy atom. The third-order valence-corrected chi connectivity index (χ3v) is 7.41. The Morgan fingerprint density at radius 1 is 1.07 bits per heavy atom. The van der Waals surface area contributed by atoms with E-state index < -0.39 is 11.5 Å². The summed E-state index contributed by atoms with van der Waals surface area (Å²) in [5.74, 6) is -0.815. The van der Waals surface area contributed by atoms with Crippen molar-refractivity contribution < 1.29 is 31.4 Å². The number of Topliss-reactive ketones (excluding diaryl/α,β-unsaturated/α-hetero) is 1. The second-order valence-corrected chi connectivity index (χ2v) is 9.32. The van der Waals surface area contributed by atoms with Crippen LogP contribution >= 0.6 is 46.4 Å². The number of ketones is 1. The van der Waals surface area contributed by atoms with Gasteiger partial charge in [-0.15, -0.1) is 0 Å². The van der Waals surface area contributed by atoms with Crippen molar-refractivity contribution in [2.24, 2.45) is 5.92 Å². The molecule has 8 heteroatoms. The number of carbonyl (C=O) groups excluding carboxylic acids is 1. The van der Waals surface area contributed by atoms with Crippen molar-refractivity contribution in [1.29, 1.82) is 0 Å². The van der Waals surface area contributed by atoms with Gasteiger partial charge in [0.2, 0.25) is 0 Å². The third kappa shape index (κ3) is 4.95. The lowest BCUT2D eigenvalue weighted by Gasteiger charge is -2.48. The molecule has 2 aromatic carbocycles. The second-order valence-electron chi connectivity index (χ2n) is 7.69. The van der Waals surface area contributed by atoms with Crippen LogP contribution < -0.4 is 17.0 Å². The van der Waals surface area contributed by atoms with Crippen LogP contribution in [0.25, 0.3) is 0 Å². The number of carbonyl (C=O) groups is 1. The van der Waals surface area contributed by atoms with Gasteiger partial charge < -0.3 is 26.6 Å². The van der Waals surface area contributed by atoms with Crippen LogP contribution in [-0.4, -0.2) is 42.1 Å². The molecule has 3 atom stereocenters. The molecule has 1 saturated heterocycles. The van der Waals surface area contributed by atoms with Crippen molar-refractivity contribution in [2.75, 3.05) is 26.7 Å². The predicted octanol–water partition coefficient (Wildman–Crippen LogP) is 2.86. The summed E-state index contributed by atoms with van der Waals surface area (Å²) in [5, 5.41) is 13.2. The fourth-order valence-electron chi connectivity index (χ4n) is 3.85. The van der Waals surface area contributed by atoms with Gasteiger partial charge in [-0.05, 0) is 42.8 Å². The minimum Gasteiger partial charge on any atom is -1.00 e. The van der Waals surface area contributed by atoms with Crippen LogP contribution in [0, 0.1) is 5.92 Å². The van der Waals surface area contributed by atoms with Crippen molar-refractivity contribution >= 4 is 52.2 Å². The first-order chi connectivity index (χ1) is 13.1. The number of hydrogen-bond acceptors (Lipinski definition) is 2. The van der Waals surface area contributed by atoms with Crippen LogP contribution in [0.3, 0.4) is 0 Å². The highest BCUT2D eigenvalue weighted by Gasteiger charge is 2.51. The van der Waals surface area contributed by atoms with Crippen LogP contribution in [0.2, 0.25) is 20.1 Å². The van der Waals surface area contributed by atoms with Gasteiger partial charge in [0.05, 0.1) is 46.8 Å². The summed E-state index contributed by atoms with van der Waals surface area (Å²) in [4.78, 5) is 13.5. The molecule has 0 spiro atoms. The van der Waals surface area contributed by atoms with E-state index in [0.717, 1.165) is 13.1 Å². The van der Waals surface area contributed by atoms with Crippen molar-refractivity contribution in [2.45, 2.75) is 18.9 Å². The Balaban J connectivity index is 0.00000300. The van der Waals surface area contributed by atoms with Gasteiger partial charge >= 0.3 is 0 Å². The summed E-state index contributed by atoms with van der Waals surface area (Å²) >= 11 is 24.4. The van der Waals surface area contributed by atoms with Crippen molar-refractivity contribution in [3.63, 3.8) is 0 Å². The van der Waals surface area contributed by atoms with E-state index in [1.165, 1.54) is 0 Å². The first-order valence-corrected chi connectivity index (χ1v) is 10.6. The van der Waals surface area contributed by atoms with Crippen LogP contribution in [0.4, 0.5) is 0 Å². The fourth-order valence-corrected chi connectivity index (χ4v) is 4.44. The van der Waals surface area contributed by atoms with Gasteiger partial charge in [-0.2, -0.15) is 0 Å². The van der Waals surface area contributed by atoms with Gasteiger partial charge in [0.1, 0.15) is 11.5 Å². The highest BCUT2D eigenvalue weighted by atomic mass is 79.9. The molecular weight excluding hydrogens is 520 g/mol. The average molecular weight is 542 g/mol. The van der Waals surface area contributed by atoms with Gasteiger partial charge in [-0.3, -0.25) is 4.79 Å². The maximum Gasteiger partial charge on any atom is 0.174 e. The van der Waals surface area contributed by atoms with Gasteiger partial charge in [-0.1, -0.05) is 52.5 Å². The number of halogens is 5. The number of quaternary nitrogens is 1. The SMILES string of the molecule is CC[N+]1(C)CC[C@@](O)(c2ccc(Cl)c(Cl)c2)[C@H](C(=O)c2ccc(Cl)c(Cl)c2)C1.[Br-]. The van der Waals surface area contributed by atoms with E-state index in [-0.39, 0.29) is 22.8 Å². The van der Waals surface area contributed by atoms with Gasteiger partial charge in [0.15, 0.2) is 5.78 Å². The zero-order valence-electron chi connectivity index (χ0n) is 16.1. The summed E-state index contributed by atoms with van der Waals surface area (Å²) in [6.45, 7) is 4.21. The molecule has 1 fully saturated rings. The van der Waals surface area contributed by atoms with Crippen LogP contribution in [0.15, 0.2) is 36.4 Å². The highest BCUT2D eigenvalue weighted by molar-refractivity contribution is 6.42. The normalized spacial score (nSPS) is 26.7. The van der Waals surface area contributed by atoms with Crippen molar-refractivity contribution in [3.05, 3.63) is 67.6 Å². The summed E-state index contributed by atoms with van der Waals surface area (Å²) in [5.41, 5.74) is -0.310. The number of piperidine rings is 1. The molecule has 0 bridgehead atoms. The van der Waals surface area contributed by atoms with Crippen LogP contribution in [-0.2, 0) is 5.60 Å². The minimum atomic E-state index is -1.34. The number of likely N-dealkylation sites (tertiary alicyclic amines) is 1. The number of nitrogens with zero attached hydrogens (tertiary/aromatic N) is 1. The molecule has 0 amide bonds. The van der Waals surface area contributed by atoms with Gasteiger partial charge in [-0.25, -0.2) is 0 Å². The lowest BCUT2D eigenvalue weighted by Crippen LogP contribution is -3.00. The smallest absolute Gasteiger partial charge is 0.174 e. The Bertz CT molecular complexity index is 926. The molecule has 1 aliphatic rings. The molecule has 0 saturated carbocycles. The van der Waals surface area contributed by atoms with E-state index >= 15 is 0 Å². The maximum atomic E-state index is 13.5. The standard InChI is InChI=1S/C21H22Cl4NO2.BrH/c1-3-26(2)9-8-21(28,14-5-7-17(23)19(25)11-14)15(12-26)20(27)13-4-6-16(22)18(24)10-13;/h4-7,10-11,15,28H,3,8-9,12H2,1-2H3;1H/q+1;/p-1/t15-,21+,26?;/m0./s1. The Hall–Kier alpha value is -0.330. The second kappa shape index (κ2) is 9.44. The zero-order chi connectivity index (χ0) is 20.7. The topological polar surface area (TPSA) is 37.3 Å². The van der Waals surface area contributed by atoms with E-state index in [1.54, 1.807) is 36.4 Å². The summed E-state index contributed by atoms with van der Waals surface area (Å²) < 4.78 is 0.696. The predicted molar refractivity (Wildman–Crippen MR) is 116 cm³/mol. The molecular formula is C21H22BrCl4NO2. The largest absolute Gasteiger partial charge is 1.00 e. The lowest BCUT2D eigenvalue weighted by atomic mass is 9.72. The van der Waals surface area contributed by atoms with E-state index in [4.69, 9.17) is 46.4 Å². The first kappa shape index (κ1) is 24.9. The molecule has 1 unspecified atom stereocenters. The molecule has 0 aromatic heterocycles. The molecule has 29 heavy (non-hydrogen) atoms. The van der Waals surface area contributed by atoms with Crippen molar-refractivity contribution in [3.8, 4) is 0 Å². The van der Waals surface area contributed by atoms with Gasteiger partial charge in [0, 0.05) is 12.0 Å². The zero-order valence-corrected chi connectivity index (χ0v) is 20.7. The maximum absolute atomic E-state index is 13.5. The average Bonchev–Trinajstić information content (AvgIpc) is 2.67. The quantitative estimate of drug-likeness (QED) is 0.477. The molecule has 3 rings (SSSR count). The highest BCUT2D eigenvalue weighted by Crippen LogP contribution is 2.43. The Kier molecular flexibility index (Phi) is 8.11. The van der Waals surface area contributed by atoms with E-state index in [1.807, 2.05) is 0 Å². The van der Waals surface area contributed by atoms with E-state index in [0.29, 0.717) is 48.7 Å². The third-order valence-electron chi connectivity index (χ3n) is 5.94. The monoisotopic (exact) mass is 539 g/mol. The lowest BCUT2D eigenvalue weighted by molar-refractivity contribution is -0.917. The summed E-state index contributed by atoms with van der Waals surface area (Å²) in [7, 11) is 2.10. The van der Waals surface area contributed by atoms with E-state index in [2.05, 4.69) is 14.0 Å². The number of benzene rings is 2. The molecule has 1 aliphatic heterocycles. The minimum absolute atomic E-state index is 0. The Morgan fingerprint density at radius 3 is 2.21 bits per heavy atom. The van der Waals surface area contributed by atoms with Crippen molar-refractivity contribution in [1.82, 2.24) is 0 Å². The molecule has 2 aromatic rings. The van der Waals surface area contributed by atoms with E-state index in [9.17, 15) is 9.90 Å². The fraction of sp³-hybridized carbons (Fsp3) is 0.381. The molecule has 0 aliphatic carbocycles. The Labute approximate surface area is 201 Å². The van der Waals surface area contributed by atoms with Gasteiger partial charge in [0.25, 0.3) is 0 Å². The van der Waals surface area contributed by atoms with Crippen LogP contribution in [0.1, 0.15) is 29.3 Å². The summed E-state index contributed by atoms with van der Waals surface area (Å²) in [6.07, 6.45) is 0.438. The number of rotatable bonds is 4. The number of aliphatic hydroxyl groups is 1. The van der Waals surface area contributed by atoms with Crippen LogP contribution in [0.5, 0.6) is 0 Å². The number of hydrogen-bond donors (Lipinski definition) is 1. The molecule has 1 heterocycles.